The van der Waals surface area contributed by atoms with Gasteiger partial charge in [0.2, 0.25) is 0 Å². The van der Waals surface area contributed by atoms with Crippen LogP contribution in [0.5, 0.6) is 0 Å². The number of nitrogens with one attached hydrogen (secondary N) is 1. The van der Waals surface area contributed by atoms with E-state index in [4.69, 9.17) is 20.3 Å². The Balaban J connectivity index is 1.58. The van der Waals surface area contributed by atoms with Gasteiger partial charge in [0.25, 0.3) is 12.3 Å². The van der Waals surface area contributed by atoms with E-state index in [1.807, 2.05) is 0 Å². The number of fused-ring (bicyclic) bond motifs is 1. The average Bonchev–Trinajstić information content (AvgIpc) is 3.32. The normalized spacial score (nSPS) is 19.7. The SMILES string of the molecule is Nc1ccn2ncc(C(=O)Nc3cn(C4COC(CO)OC4)nc3C(F)F)c2n1. The van der Waals surface area contributed by atoms with Crippen LogP contribution in [-0.2, 0) is 9.47 Å². The number of alkyl halides is 2. The third-order valence-electron chi connectivity index (χ3n) is 4.32. The second-order valence-electron chi connectivity index (χ2n) is 6.27. The van der Waals surface area contributed by atoms with Gasteiger partial charge in [-0.3, -0.25) is 9.48 Å². The molecule has 1 aliphatic heterocycles. The van der Waals surface area contributed by atoms with E-state index in [0.717, 1.165) is 0 Å². The van der Waals surface area contributed by atoms with Crippen molar-refractivity contribution in [3.05, 3.63) is 35.9 Å². The third-order valence-corrected chi connectivity index (χ3v) is 4.32. The summed E-state index contributed by atoms with van der Waals surface area (Å²) < 4.78 is 40.0. The molecule has 0 radical (unpaired) electrons. The van der Waals surface area contributed by atoms with Crippen molar-refractivity contribution in [1.29, 1.82) is 0 Å². The summed E-state index contributed by atoms with van der Waals surface area (Å²) in [5.74, 6) is -0.498. The second-order valence-corrected chi connectivity index (χ2v) is 6.27. The smallest absolute Gasteiger partial charge is 0.284 e. The second kappa shape index (κ2) is 7.69. The van der Waals surface area contributed by atoms with Crippen LogP contribution in [0.1, 0.15) is 28.5 Å². The number of aliphatic hydroxyl groups is 1. The molecule has 29 heavy (non-hydrogen) atoms. The number of carbonyl (C=O) groups is 1. The van der Waals surface area contributed by atoms with Crippen LogP contribution in [0, 0.1) is 0 Å². The number of amides is 1. The molecule has 4 N–H and O–H groups in total. The molecule has 0 atom stereocenters. The van der Waals surface area contributed by atoms with Gasteiger partial charge in [-0.05, 0) is 6.07 Å². The largest absolute Gasteiger partial charge is 0.391 e. The van der Waals surface area contributed by atoms with Crippen molar-refractivity contribution in [1.82, 2.24) is 24.4 Å². The number of aliphatic hydroxyl groups excluding tert-OH is 1. The van der Waals surface area contributed by atoms with Gasteiger partial charge in [0.1, 0.15) is 11.4 Å². The highest BCUT2D eigenvalue weighted by Gasteiger charge is 2.28. The minimum Gasteiger partial charge on any atom is -0.391 e. The van der Waals surface area contributed by atoms with Crippen LogP contribution in [0.4, 0.5) is 20.3 Å². The van der Waals surface area contributed by atoms with Crippen molar-refractivity contribution in [2.24, 2.45) is 0 Å². The van der Waals surface area contributed by atoms with E-state index < -0.39 is 30.4 Å². The third kappa shape index (κ3) is 3.74. The first-order chi connectivity index (χ1) is 14.0. The van der Waals surface area contributed by atoms with Crippen LogP contribution in [0.2, 0.25) is 0 Å². The highest BCUT2D eigenvalue weighted by Crippen LogP contribution is 2.28. The van der Waals surface area contributed by atoms with Crippen LogP contribution in [-0.4, -0.2) is 61.5 Å². The molecule has 0 spiro atoms. The minimum atomic E-state index is -2.92. The quantitative estimate of drug-likeness (QED) is 0.556. The summed E-state index contributed by atoms with van der Waals surface area (Å²) in [6.45, 7) is -0.0892. The maximum absolute atomic E-state index is 13.5. The molecule has 1 saturated heterocycles. The predicted octanol–water partition coefficient (Wildman–Crippen LogP) is 0.604. The van der Waals surface area contributed by atoms with Crippen LogP contribution in [0.25, 0.3) is 5.65 Å². The molecule has 1 fully saturated rings. The van der Waals surface area contributed by atoms with Crippen molar-refractivity contribution >= 4 is 23.1 Å². The average molecular weight is 409 g/mol. The molecule has 1 aliphatic rings. The zero-order valence-corrected chi connectivity index (χ0v) is 14.9. The van der Waals surface area contributed by atoms with Gasteiger partial charge in [-0.15, -0.1) is 0 Å². The fraction of sp³-hybridized carbons (Fsp3) is 0.375. The summed E-state index contributed by atoms with van der Waals surface area (Å²) >= 11 is 0. The van der Waals surface area contributed by atoms with Crippen molar-refractivity contribution in [3.63, 3.8) is 0 Å². The molecule has 0 saturated carbocycles. The van der Waals surface area contributed by atoms with Gasteiger partial charge < -0.3 is 25.6 Å². The number of rotatable bonds is 5. The summed E-state index contributed by atoms with van der Waals surface area (Å²) in [4.78, 5) is 16.7. The first kappa shape index (κ1) is 19.2. The van der Waals surface area contributed by atoms with E-state index in [9.17, 15) is 13.6 Å². The zero-order valence-electron chi connectivity index (χ0n) is 14.9. The molecule has 0 aromatic carbocycles. The van der Waals surface area contributed by atoms with E-state index in [2.05, 4.69) is 20.5 Å². The molecule has 4 heterocycles. The Morgan fingerprint density at radius 2 is 2.17 bits per heavy atom. The number of carbonyl (C=O) groups excluding carboxylic acids is 1. The van der Waals surface area contributed by atoms with Gasteiger partial charge in [0.15, 0.2) is 17.6 Å². The lowest BCUT2D eigenvalue weighted by atomic mass is 10.3. The van der Waals surface area contributed by atoms with Crippen molar-refractivity contribution < 1.29 is 28.2 Å². The van der Waals surface area contributed by atoms with Crippen LogP contribution in [0.3, 0.4) is 0 Å². The zero-order chi connectivity index (χ0) is 20.5. The lowest BCUT2D eigenvalue weighted by Gasteiger charge is -2.28. The first-order valence-electron chi connectivity index (χ1n) is 8.58. The Bertz CT molecular complexity index is 1030. The Morgan fingerprint density at radius 3 is 2.86 bits per heavy atom. The summed E-state index contributed by atoms with van der Waals surface area (Å²) in [6.07, 6.45) is 0.399. The van der Waals surface area contributed by atoms with Crippen LogP contribution < -0.4 is 11.1 Å². The lowest BCUT2D eigenvalue weighted by molar-refractivity contribution is -0.212. The lowest BCUT2D eigenvalue weighted by Crippen LogP contribution is -2.35. The minimum absolute atomic E-state index is 0.0698. The number of aromatic nitrogens is 5. The number of nitrogens with two attached hydrogens (primary N) is 1. The van der Waals surface area contributed by atoms with Gasteiger partial charge in [-0.1, -0.05) is 0 Å². The van der Waals surface area contributed by atoms with Gasteiger partial charge in [0, 0.05) is 12.4 Å². The fourth-order valence-corrected chi connectivity index (χ4v) is 2.87. The summed E-state index contributed by atoms with van der Waals surface area (Å²) in [6, 6.07) is 1.02. The Labute approximate surface area is 162 Å². The molecule has 0 unspecified atom stereocenters. The molecular formula is C16H17F2N7O4. The number of anilines is 2. The fourth-order valence-electron chi connectivity index (χ4n) is 2.87. The van der Waals surface area contributed by atoms with Gasteiger partial charge in [0.05, 0.1) is 37.7 Å². The number of hydrogen-bond donors (Lipinski definition) is 3. The van der Waals surface area contributed by atoms with Crippen LogP contribution >= 0.6 is 0 Å². The Morgan fingerprint density at radius 1 is 1.41 bits per heavy atom. The molecule has 1 amide bonds. The topological polar surface area (TPSA) is 142 Å². The molecule has 0 bridgehead atoms. The Hall–Kier alpha value is -3.16. The van der Waals surface area contributed by atoms with E-state index in [1.165, 1.54) is 33.9 Å². The maximum Gasteiger partial charge on any atom is 0.284 e. The van der Waals surface area contributed by atoms with Crippen molar-refractivity contribution in [3.8, 4) is 0 Å². The molecule has 3 aromatic heterocycles. The number of ether oxygens (including phenoxy) is 2. The monoisotopic (exact) mass is 409 g/mol. The molecule has 4 rings (SSSR count). The molecule has 154 valence electrons. The number of halogens is 2. The van der Waals surface area contributed by atoms with Gasteiger partial charge in [-0.25, -0.2) is 18.3 Å². The molecule has 11 nitrogen and oxygen atoms in total. The standard InChI is InChI=1S/C16H17F2N7O4/c17-14(18)13-10(4-25(23-13)8-6-28-12(5-26)29-7-8)21-16(27)9-3-20-24-2-1-11(19)22-15(9)24/h1-4,8,12,14,26H,5-7H2,(H2,19,22)(H,21,27). The first-order valence-corrected chi connectivity index (χ1v) is 8.58. The van der Waals surface area contributed by atoms with E-state index in [1.54, 1.807) is 0 Å². The highest BCUT2D eigenvalue weighted by molar-refractivity contribution is 6.08. The number of hydrogen-bond acceptors (Lipinski definition) is 8. The van der Waals surface area contributed by atoms with Gasteiger partial charge in [-0.2, -0.15) is 10.2 Å². The number of nitrogen functional groups attached to an aromatic ring is 1. The summed E-state index contributed by atoms with van der Waals surface area (Å²) in [7, 11) is 0. The van der Waals surface area contributed by atoms with Crippen LogP contribution in [0.15, 0.2) is 24.7 Å². The van der Waals surface area contributed by atoms with Crippen molar-refractivity contribution in [2.75, 3.05) is 30.9 Å². The van der Waals surface area contributed by atoms with E-state index >= 15 is 0 Å². The summed E-state index contributed by atoms with van der Waals surface area (Å²) in [5.41, 5.74) is 5.15. The van der Waals surface area contributed by atoms with Crippen molar-refractivity contribution in [2.45, 2.75) is 18.8 Å². The van der Waals surface area contributed by atoms with Gasteiger partial charge >= 0.3 is 0 Å². The maximum atomic E-state index is 13.5. The van der Waals surface area contributed by atoms with E-state index in [0.29, 0.717) is 0 Å². The predicted molar refractivity (Wildman–Crippen MR) is 94.4 cm³/mol. The van der Waals surface area contributed by atoms with E-state index in [-0.39, 0.29) is 42.5 Å². The Kier molecular flexibility index (Phi) is 5.08. The molecule has 0 aliphatic carbocycles. The molecular weight excluding hydrogens is 392 g/mol. The highest BCUT2D eigenvalue weighted by atomic mass is 19.3. The molecule has 13 heteroatoms. The summed E-state index contributed by atoms with van der Waals surface area (Å²) in [5, 5.41) is 19.3. The molecule has 3 aromatic rings. The number of nitrogens with zero attached hydrogens (tertiary/aromatic N) is 5.